The second kappa shape index (κ2) is 9.28. The molecule has 1 fully saturated rings. The Hall–Kier alpha value is -3.23. The highest BCUT2D eigenvalue weighted by Gasteiger charge is 2.34. The number of carbonyl (C=O) groups is 2. The molecule has 158 valence electrons. The van der Waals surface area contributed by atoms with Gasteiger partial charge in [0.25, 0.3) is 0 Å². The molecule has 2 amide bonds. The maximum Gasteiger partial charge on any atom is 0.250 e. The van der Waals surface area contributed by atoms with Crippen LogP contribution in [-0.2, 0) is 9.59 Å². The van der Waals surface area contributed by atoms with Gasteiger partial charge in [0.1, 0.15) is 10.8 Å². The molecular weight excluding hydrogens is 436 g/mol. The Bertz CT molecular complexity index is 1130. The summed E-state index contributed by atoms with van der Waals surface area (Å²) in [6.45, 7) is 0.514. The smallest absolute Gasteiger partial charge is 0.250 e. The van der Waals surface area contributed by atoms with Crippen LogP contribution in [-0.4, -0.2) is 35.7 Å². The van der Waals surface area contributed by atoms with E-state index in [1.54, 1.807) is 24.2 Å². The van der Waals surface area contributed by atoms with Crippen molar-refractivity contribution in [3.05, 3.63) is 70.2 Å². The summed E-state index contributed by atoms with van der Waals surface area (Å²) in [7, 11) is 1.60. The lowest BCUT2D eigenvalue weighted by atomic mass is 10.1. The number of nitrogens with zero attached hydrogens (tertiary/aromatic N) is 3. The average molecular weight is 455 g/mol. The predicted octanol–water partition coefficient (Wildman–Crippen LogP) is 4.37. The lowest BCUT2D eigenvalue weighted by Crippen LogP contribution is -2.24. The molecule has 0 spiro atoms. The van der Waals surface area contributed by atoms with Crippen LogP contribution in [0, 0.1) is 0 Å². The van der Waals surface area contributed by atoms with E-state index in [1.165, 1.54) is 17.4 Å². The van der Waals surface area contributed by atoms with Gasteiger partial charge in [0.2, 0.25) is 16.9 Å². The SMILES string of the molecule is COc1ccc(N2CC(c3nnc(NC(=O)/C=C/c4ccccc4Cl)s3)CC2=O)cc1. The third-order valence-electron chi connectivity index (χ3n) is 4.85. The number of aromatic nitrogens is 2. The summed E-state index contributed by atoms with van der Waals surface area (Å²) in [4.78, 5) is 26.4. The van der Waals surface area contributed by atoms with Crippen LogP contribution in [0.2, 0.25) is 5.02 Å². The largest absolute Gasteiger partial charge is 0.497 e. The summed E-state index contributed by atoms with van der Waals surface area (Å²) < 4.78 is 5.17. The highest BCUT2D eigenvalue weighted by molar-refractivity contribution is 7.15. The number of hydrogen-bond acceptors (Lipinski definition) is 6. The molecular formula is C22H19ClN4O3S. The van der Waals surface area contributed by atoms with Gasteiger partial charge in [-0.1, -0.05) is 41.1 Å². The van der Waals surface area contributed by atoms with E-state index in [1.807, 2.05) is 42.5 Å². The first kappa shape index (κ1) is 21.0. The number of halogens is 1. The molecule has 1 atom stereocenters. The van der Waals surface area contributed by atoms with E-state index in [-0.39, 0.29) is 17.7 Å². The standard InChI is InChI=1S/C22H19ClN4O3S/c1-30-17-9-7-16(8-10-17)27-13-15(12-20(27)29)21-25-26-22(31-21)24-19(28)11-6-14-4-2-3-5-18(14)23/h2-11,15H,12-13H2,1H3,(H,24,26,28)/b11-6+. The fourth-order valence-corrected chi connectivity index (χ4v) is 4.29. The molecule has 9 heteroatoms. The Morgan fingerprint density at radius 1 is 1.23 bits per heavy atom. The number of carbonyl (C=O) groups excluding carboxylic acids is 2. The molecule has 0 bridgehead atoms. The molecule has 1 saturated heterocycles. The molecule has 1 aliphatic heterocycles. The van der Waals surface area contributed by atoms with Gasteiger partial charge in [0, 0.05) is 35.7 Å². The van der Waals surface area contributed by atoms with E-state index >= 15 is 0 Å². The third kappa shape index (κ3) is 4.92. The number of anilines is 2. The van der Waals surface area contributed by atoms with Gasteiger partial charge in [-0.25, -0.2) is 0 Å². The minimum atomic E-state index is -0.329. The number of hydrogen-bond donors (Lipinski definition) is 1. The van der Waals surface area contributed by atoms with Crippen LogP contribution in [0.3, 0.4) is 0 Å². The van der Waals surface area contributed by atoms with Crippen molar-refractivity contribution in [1.29, 1.82) is 0 Å². The van der Waals surface area contributed by atoms with E-state index in [4.69, 9.17) is 16.3 Å². The molecule has 2 aromatic carbocycles. The normalized spacial score (nSPS) is 16.1. The average Bonchev–Trinajstić information content (AvgIpc) is 3.40. The molecule has 31 heavy (non-hydrogen) atoms. The second-order valence-corrected chi connectivity index (χ2v) is 8.31. The van der Waals surface area contributed by atoms with E-state index < -0.39 is 0 Å². The topological polar surface area (TPSA) is 84.4 Å². The Balaban J connectivity index is 1.39. The summed E-state index contributed by atoms with van der Waals surface area (Å²) >= 11 is 7.36. The zero-order valence-electron chi connectivity index (χ0n) is 16.6. The van der Waals surface area contributed by atoms with Gasteiger partial charge in [0.05, 0.1) is 7.11 Å². The lowest BCUT2D eigenvalue weighted by Gasteiger charge is -2.16. The van der Waals surface area contributed by atoms with E-state index in [9.17, 15) is 9.59 Å². The van der Waals surface area contributed by atoms with E-state index in [0.717, 1.165) is 22.0 Å². The van der Waals surface area contributed by atoms with Gasteiger partial charge in [0.15, 0.2) is 0 Å². The quantitative estimate of drug-likeness (QED) is 0.559. The minimum absolute atomic E-state index is 0.0265. The Labute approximate surface area is 188 Å². The first-order valence-electron chi connectivity index (χ1n) is 9.55. The van der Waals surface area contributed by atoms with Crippen LogP contribution < -0.4 is 15.0 Å². The van der Waals surface area contributed by atoms with Crippen LogP contribution in [0.5, 0.6) is 5.75 Å². The van der Waals surface area contributed by atoms with Crippen molar-refractivity contribution in [2.75, 3.05) is 23.9 Å². The van der Waals surface area contributed by atoms with E-state index in [2.05, 4.69) is 15.5 Å². The molecule has 4 rings (SSSR count). The van der Waals surface area contributed by atoms with Crippen molar-refractivity contribution < 1.29 is 14.3 Å². The molecule has 7 nitrogen and oxygen atoms in total. The predicted molar refractivity (Wildman–Crippen MR) is 122 cm³/mol. The molecule has 1 N–H and O–H groups in total. The number of benzene rings is 2. The van der Waals surface area contributed by atoms with Gasteiger partial charge in [-0.3, -0.25) is 14.9 Å². The molecule has 0 aliphatic carbocycles. The fourth-order valence-electron chi connectivity index (χ4n) is 3.26. The highest BCUT2D eigenvalue weighted by Crippen LogP contribution is 2.34. The molecule has 0 radical (unpaired) electrons. The summed E-state index contributed by atoms with van der Waals surface area (Å²) in [5.41, 5.74) is 1.57. The zero-order valence-corrected chi connectivity index (χ0v) is 18.2. The summed E-state index contributed by atoms with van der Waals surface area (Å²) in [5, 5.41) is 12.6. The molecule has 0 saturated carbocycles. The van der Waals surface area contributed by atoms with Gasteiger partial charge in [-0.2, -0.15) is 0 Å². The van der Waals surface area contributed by atoms with Crippen LogP contribution >= 0.6 is 22.9 Å². The van der Waals surface area contributed by atoms with Crippen molar-refractivity contribution in [2.45, 2.75) is 12.3 Å². The highest BCUT2D eigenvalue weighted by atomic mass is 35.5. The Kier molecular flexibility index (Phi) is 6.29. The van der Waals surface area contributed by atoms with Gasteiger partial charge >= 0.3 is 0 Å². The third-order valence-corrected chi connectivity index (χ3v) is 6.19. The zero-order chi connectivity index (χ0) is 21.8. The van der Waals surface area contributed by atoms with Crippen LogP contribution in [0.4, 0.5) is 10.8 Å². The van der Waals surface area contributed by atoms with Crippen molar-refractivity contribution in [1.82, 2.24) is 10.2 Å². The molecule has 1 aromatic heterocycles. The molecule has 2 heterocycles. The Morgan fingerprint density at radius 3 is 2.74 bits per heavy atom. The van der Waals surface area contributed by atoms with Crippen molar-refractivity contribution in [3.63, 3.8) is 0 Å². The summed E-state index contributed by atoms with van der Waals surface area (Å²) in [5.74, 6) is 0.361. The van der Waals surface area contributed by atoms with Crippen molar-refractivity contribution in [3.8, 4) is 5.75 Å². The molecule has 1 aliphatic rings. The monoisotopic (exact) mass is 454 g/mol. The van der Waals surface area contributed by atoms with Gasteiger partial charge < -0.3 is 9.64 Å². The minimum Gasteiger partial charge on any atom is -0.497 e. The van der Waals surface area contributed by atoms with Crippen LogP contribution in [0.15, 0.2) is 54.6 Å². The lowest BCUT2D eigenvalue weighted by molar-refractivity contribution is -0.117. The number of ether oxygens (including phenoxy) is 1. The van der Waals surface area contributed by atoms with Crippen LogP contribution in [0.1, 0.15) is 22.9 Å². The van der Waals surface area contributed by atoms with Crippen molar-refractivity contribution in [2.24, 2.45) is 0 Å². The van der Waals surface area contributed by atoms with E-state index in [0.29, 0.717) is 23.1 Å². The summed E-state index contributed by atoms with van der Waals surface area (Å²) in [6.07, 6.45) is 3.38. The first-order valence-corrected chi connectivity index (χ1v) is 10.7. The second-order valence-electron chi connectivity index (χ2n) is 6.89. The Morgan fingerprint density at radius 2 is 2.00 bits per heavy atom. The van der Waals surface area contributed by atoms with Crippen LogP contribution in [0.25, 0.3) is 6.08 Å². The first-order chi connectivity index (χ1) is 15.0. The number of nitrogens with one attached hydrogen (secondary N) is 1. The molecule has 3 aromatic rings. The van der Waals surface area contributed by atoms with Crippen molar-refractivity contribution >= 4 is 51.6 Å². The fraction of sp³-hybridized carbons (Fsp3) is 0.182. The number of rotatable bonds is 6. The maximum atomic E-state index is 12.5. The molecule has 1 unspecified atom stereocenters. The maximum absolute atomic E-state index is 12.5. The van der Waals surface area contributed by atoms with Gasteiger partial charge in [-0.05, 0) is 42.0 Å². The number of methoxy groups -OCH3 is 1. The van der Waals surface area contributed by atoms with Gasteiger partial charge in [-0.15, -0.1) is 10.2 Å². The summed E-state index contributed by atoms with van der Waals surface area (Å²) in [6, 6.07) is 14.6. The number of amides is 2.